The molecule has 0 saturated heterocycles. The Kier molecular flexibility index (Phi) is 3.91. The number of rotatable bonds is 5. The van der Waals surface area contributed by atoms with Crippen LogP contribution in [-0.2, 0) is 11.2 Å². The minimum absolute atomic E-state index is 0.136. The molecule has 0 aliphatic heterocycles. The lowest BCUT2D eigenvalue weighted by atomic mass is 10.1. The highest BCUT2D eigenvalue weighted by Gasteiger charge is 2.21. The number of aromatic nitrogens is 6. The van der Waals surface area contributed by atoms with Crippen molar-refractivity contribution in [1.29, 1.82) is 0 Å². The van der Waals surface area contributed by atoms with Crippen molar-refractivity contribution in [2.24, 2.45) is 0 Å². The average molecular weight is 333 g/mol. The number of H-pyrrole nitrogens is 2. The van der Waals surface area contributed by atoms with Gasteiger partial charge in [-0.05, 0) is 23.3 Å². The molecule has 25 heavy (non-hydrogen) atoms. The molecule has 4 rings (SSSR count). The van der Waals surface area contributed by atoms with E-state index in [1.54, 1.807) is 6.20 Å². The van der Waals surface area contributed by atoms with Crippen LogP contribution in [0.2, 0.25) is 0 Å². The van der Waals surface area contributed by atoms with Crippen LogP contribution in [0.15, 0.2) is 54.9 Å². The summed E-state index contributed by atoms with van der Waals surface area (Å²) in [6.45, 7) is 0. The zero-order chi connectivity index (χ0) is 17.1. The molecule has 0 aliphatic carbocycles. The quantitative estimate of drug-likeness (QED) is 0.513. The number of tetrazole rings is 1. The Morgan fingerprint density at radius 3 is 2.84 bits per heavy atom. The van der Waals surface area contributed by atoms with Crippen molar-refractivity contribution in [3.8, 4) is 0 Å². The minimum atomic E-state index is -0.462. The van der Waals surface area contributed by atoms with Gasteiger partial charge in [0.05, 0.1) is 6.42 Å². The van der Waals surface area contributed by atoms with Gasteiger partial charge in [0.2, 0.25) is 11.7 Å². The van der Waals surface area contributed by atoms with Crippen LogP contribution in [-0.4, -0.2) is 36.5 Å². The van der Waals surface area contributed by atoms with E-state index in [1.807, 2.05) is 48.7 Å². The number of pyridine rings is 1. The van der Waals surface area contributed by atoms with Gasteiger partial charge in [0.1, 0.15) is 11.7 Å². The summed E-state index contributed by atoms with van der Waals surface area (Å²) in [4.78, 5) is 19.9. The Hall–Kier alpha value is -3.55. The van der Waals surface area contributed by atoms with E-state index >= 15 is 0 Å². The summed E-state index contributed by atoms with van der Waals surface area (Å²) in [5.74, 6) is 0.281. The van der Waals surface area contributed by atoms with E-state index in [2.05, 4.69) is 35.9 Å². The fraction of sp³-hybridized carbons (Fsp3) is 0.118. The van der Waals surface area contributed by atoms with Crippen molar-refractivity contribution in [3.63, 3.8) is 0 Å². The van der Waals surface area contributed by atoms with Gasteiger partial charge < -0.3 is 10.3 Å². The van der Waals surface area contributed by atoms with E-state index in [-0.39, 0.29) is 12.3 Å². The van der Waals surface area contributed by atoms with E-state index in [1.165, 1.54) is 0 Å². The molecule has 8 heteroatoms. The third-order valence-corrected chi connectivity index (χ3v) is 3.95. The van der Waals surface area contributed by atoms with Gasteiger partial charge in [-0.15, -0.1) is 10.2 Å². The van der Waals surface area contributed by atoms with Gasteiger partial charge in [0, 0.05) is 17.8 Å². The Morgan fingerprint density at radius 1 is 1.16 bits per heavy atom. The number of aromatic amines is 2. The Labute approximate surface area is 142 Å². The zero-order valence-corrected chi connectivity index (χ0v) is 13.2. The Bertz CT molecular complexity index is 979. The Morgan fingerprint density at radius 2 is 2.04 bits per heavy atom. The lowest BCUT2D eigenvalue weighted by Crippen LogP contribution is -2.31. The summed E-state index contributed by atoms with van der Waals surface area (Å²) < 4.78 is 0. The molecule has 0 saturated carbocycles. The van der Waals surface area contributed by atoms with Crippen molar-refractivity contribution >= 4 is 16.9 Å². The standard InChI is InChI=1S/C17H15N7O/c25-14(9-12-10-19-16-13(12)7-4-8-18-16)20-15(17-21-23-24-22-17)11-5-2-1-3-6-11/h1-8,10,15H,9H2,(H,18,19)(H,20,25)(H,21,22,23,24). The first kappa shape index (κ1) is 15.0. The third-order valence-electron chi connectivity index (χ3n) is 3.95. The number of nitrogens with zero attached hydrogens (tertiary/aromatic N) is 4. The molecular weight excluding hydrogens is 318 g/mol. The number of carbonyl (C=O) groups is 1. The average Bonchev–Trinajstić information content (AvgIpc) is 3.31. The van der Waals surface area contributed by atoms with Crippen LogP contribution in [0.1, 0.15) is 23.0 Å². The van der Waals surface area contributed by atoms with E-state index in [9.17, 15) is 4.79 Å². The van der Waals surface area contributed by atoms with E-state index in [0.717, 1.165) is 22.2 Å². The van der Waals surface area contributed by atoms with Crippen LogP contribution in [0.3, 0.4) is 0 Å². The van der Waals surface area contributed by atoms with Crippen LogP contribution in [0, 0.1) is 0 Å². The first-order valence-electron chi connectivity index (χ1n) is 7.80. The molecule has 3 heterocycles. The van der Waals surface area contributed by atoms with Crippen LogP contribution < -0.4 is 5.32 Å². The van der Waals surface area contributed by atoms with Crippen molar-refractivity contribution in [2.75, 3.05) is 0 Å². The topological polar surface area (TPSA) is 112 Å². The second-order valence-corrected chi connectivity index (χ2v) is 5.57. The molecule has 0 fully saturated rings. The number of carbonyl (C=O) groups excluding carboxylic acids is 1. The van der Waals surface area contributed by atoms with E-state index < -0.39 is 6.04 Å². The summed E-state index contributed by atoms with van der Waals surface area (Å²) in [6.07, 6.45) is 3.75. The van der Waals surface area contributed by atoms with Crippen molar-refractivity contribution < 1.29 is 4.79 Å². The zero-order valence-electron chi connectivity index (χ0n) is 13.2. The van der Waals surface area contributed by atoms with Crippen molar-refractivity contribution in [2.45, 2.75) is 12.5 Å². The molecule has 3 aromatic heterocycles. The highest BCUT2D eigenvalue weighted by atomic mass is 16.1. The highest BCUT2D eigenvalue weighted by Crippen LogP contribution is 2.20. The van der Waals surface area contributed by atoms with Crippen molar-refractivity contribution in [1.82, 2.24) is 35.9 Å². The molecule has 4 aromatic rings. The fourth-order valence-corrected chi connectivity index (χ4v) is 2.78. The minimum Gasteiger partial charge on any atom is -0.346 e. The molecule has 1 unspecified atom stereocenters. The molecule has 8 nitrogen and oxygen atoms in total. The van der Waals surface area contributed by atoms with Gasteiger partial charge in [-0.2, -0.15) is 5.21 Å². The van der Waals surface area contributed by atoms with Gasteiger partial charge >= 0.3 is 0 Å². The maximum absolute atomic E-state index is 12.6. The van der Waals surface area contributed by atoms with Gasteiger partial charge in [0.25, 0.3) is 0 Å². The van der Waals surface area contributed by atoms with Crippen molar-refractivity contribution in [3.05, 3.63) is 71.8 Å². The summed E-state index contributed by atoms with van der Waals surface area (Å²) in [6, 6.07) is 12.9. The van der Waals surface area contributed by atoms with Crippen LogP contribution in [0.4, 0.5) is 0 Å². The van der Waals surface area contributed by atoms with Gasteiger partial charge in [-0.1, -0.05) is 35.5 Å². The van der Waals surface area contributed by atoms with Gasteiger partial charge in [0.15, 0.2) is 0 Å². The molecule has 1 amide bonds. The van der Waals surface area contributed by atoms with Gasteiger partial charge in [-0.25, -0.2) is 4.98 Å². The fourth-order valence-electron chi connectivity index (χ4n) is 2.78. The second kappa shape index (κ2) is 6.52. The first-order chi connectivity index (χ1) is 12.3. The van der Waals surface area contributed by atoms with Crippen LogP contribution >= 0.6 is 0 Å². The normalized spacial score (nSPS) is 12.2. The first-order valence-corrected chi connectivity index (χ1v) is 7.80. The number of benzene rings is 1. The SMILES string of the molecule is O=C(Cc1c[nH]c2ncccc12)NC(c1ccccc1)c1nn[nH]n1. The molecule has 3 N–H and O–H groups in total. The number of hydrogen-bond donors (Lipinski definition) is 3. The number of amides is 1. The largest absolute Gasteiger partial charge is 0.346 e. The number of nitrogens with one attached hydrogen (secondary N) is 3. The smallest absolute Gasteiger partial charge is 0.225 e. The Balaban J connectivity index is 1.57. The molecular formula is C17H15N7O. The molecule has 1 aromatic carbocycles. The van der Waals surface area contributed by atoms with E-state index in [4.69, 9.17) is 0 Å². The maximum Gasteiger partial charge on any atom is 0.225 e. The summed E-state index contributed by atoms with van der Waals surface area (Å²) in [7, 11) is 0. The lowest BCUT2D eigenvalue weighted by Gasteiger charge is -2.15. The highest BCUT2D eigenvalue weighted by molar-refractivity contribution is 5.87. The lowest BCUT2D eigenvalue weighted by molar-refractivity contribution is -0.121. The predicted octanol–water partition coefficient (Wildman–Crippen LogP) is 1.52. The number of hydrogen-bond acceptors (Lipinski definition) is 5. The molecule has 0 radical (unpaired) electrons. The monoisotopic (exact) mass is 333 g/mol. The number of fused-ring (bicyclic) bond motifs is 1. The molecule has 1 atom stereocenters. The third kappa shape index (κ3) is 3.09. The molecule has 0 bridgehead atoms. The van der Waals surface area contributed by atoms with Crippen LogP contribution in [0.25, 0.3) is 11.0 Å². The summed E-state index contributed by atoms with van der Waals surface area (Å²) in [5.41, 5.74) is 2.54. The molecule has 0 aliphatic rings. The second-order valence-electron chi connectivity index (χ2n) is 5.57. The summed E-state index contributed by atoms with van der Waals surface area (Å²) >= 11 is 0. The van der Waals surface area contributed by atoms with Crippen LogP contribution in [0.5, 0.6) is 0 Å². The predicted molar refractivity (Wildman–Crippen MR) is 90.4 cm³/mol. The maximum atomic E-state index is 12.6. The van der Waals surface area contributed by atoms with E-state index in [0.29, 0.717) is 5.82 Å². The molecule has 124 valence electrons. The summed E-state index contributed by atoms with van der Waals surface area (Å²) in [5, 5.41) is 18.0. The van der Waals surface area contributed by atoms with Gasteiger partial charge in [-0.3, -0.25) is 4.79 Å². The molecule has 0 spiro atoms.